The molecule has 3 atom stereocenters. The maximum Gasteiger partial charge on any atom is 0.416 e. The van der Waals surface area contributed by atoms with Gasteiger partial charge in [-0.05, 0) is 40.7 Å². The van der Waals surface area contributed by atoms with Crippen LogP contribution in [0.4, 0.5) is 4.79 Å². The minimum absolute atomic E-state index is 0.0564. The molecule has 196 valence electrons. The summed E-state index contributed by atoms with van der Waals surface area (Å²) in [5.74, 6) is -0.656. The third-order valence-corrected chi connectivity index (χ3v) is 7.79. The highest BCUT2D eigenvalue weighted by Crippen LogP contribution is 2.44. The van der Waals surface area contributed by atoms with E-state index in [1.807, 2.05) is 73.7 Å². The van der Waals surface area contributed by atoms with Gasteiger partial charge in [-0.15, -0.1) is 0 Å². The number of thiol groups is 1. The van der Waals surface area contributed by atoms with Gasteiger partial charge in [-0.1, -0.05) is 90.9 Å². The molecule has 38 heavy (non-hydrogen) atoms. The molecule has 0 radical (unpaired) electrons. The van der Waals surface area contributed by atoms with Crippen LogP contribution in [-0.2, 0) is 20.8 Å². The molecule has 1 heterocycles. The van der Waals surface area contributed by atoms with Crippen LogP contribution in [-0.4, -0.2) is 53.2 Å². The van der Waals surface area contributed by atoms with Crippen molar-refractivity contribution in [2.45, 2.75) is 43.1 Å². The number of nitrogens with zero attached hydrogens (tertiary/aromatic N) is 2. The smallest absolute Gasteiger partial charge is 0.416 e. The Hall–Kier alpha value is -3.62. The van der Waals surface area contributed by atoms with Crippen LogP contribution in [0.15, 0.2) is 84.0 Å². The number of oxime groups is 1. The highest BCUT2D eigenvalue weighted by molar-refractivity contribution is 7.82. The van der Waals surface area contributed by atoms with E-state index in [4.69, 9.17) is 15.3 Å². The fraction of sp³-hybridized carbons (Fsp3) is 0.300. The number of benzene rings is 3. The number of imide groups is 1. The van der Waals surface area contributed by atoms with E-state index in [1.54, 1.807) is 0 Å². The quantitative estimate of drug-likeness (QED) is 0.409. The zero-order valence-corrected chi connectivity index (χ0v) is 22.1. The number of ether oxygens (including phenoxy) is 1. The van der Waals surface area contributed by atoms with Crippen molar-refractivity contribution in [1.82, 2.24) is 4.90 Å². The lowest BCUT2D eigenvalue weighted by Crippen LogP contribution is -2.51. The summed E-state index contributed by atoms with van der Waals surface area (Å²) in [5.41, 5.74) is 12.4. The number of carbonyl (C=O) groups excluding carboxylic acids is 2. The molecule has 3 aromatic carbocycles. The van der Waals surface area contributed by atoms with Crippen molar-refractivity contribution >= 4 is 30.3 Å². The van der Waals surface area contributed by atoms with Gasteiger partial charge in [-0.25, -0.2) is 9.69 Å². The van der Waals surface area contributed by atoms with Crippen molar-refractivity contribution < 1.29 is 19.2 Å². The van der Waals surface area contributed by atoms with Crippen LogP contribution in [0, 0.1) is 0 Å². The number of nitrogens with two attached hydrogens (primary N) is 1. The molecule has 0 bridgehead atoms. The average Bonchev–Trinajstić information content (AvgIpc) is 3.47. The molecule has 0 saturated carbocycles. The van der Waals surface area contributed by atoms with Crippen molar-refractivity contribution in [3.63, 3.8) is 0 Å². The van der Waals surface area contributed by atoms with Crippen molar-refractivity contribution in [2.75, 3.05) is 13.2 Å². The fourth-order valence-corrected chi connectivity index (χ4v) is 5.51. The highest BCUT2D eigenvalue weighted by atomic mass is 32.1. The molecule has 0 aromatic heterocycles. The number of fused-ring (bicyclic) bond motifs is 3. The summed E-state index contributed by atoms with van der Waals surface area (Å²) in [6, 6.07) is 24.7. The molecular weight excluding hydrogens is 498 g/mol. The predicted molar refractivity (Wildman–Crippen MR) is 150 cm³/mol. The van der Waals surface area contributed by atoms with Crippen molar-refractivity contribution in [2.24, 2.45) is 10.9 Å². The van der Waals surface area contributed by atoms with Crippen molar-refractivity contribution in [3.05, 3.63) is 95.6 Å². The largest absolute Gasteiger partial charge is 0.448 e. The molecule has 2 amide bonds. The standard InChI is InChI=1S/C30H31N3O4S/c1-2-26-28(38)27(37-32-26)17-33(29(34)25(31)16-19-10-4-3-5-11-19)30(35)36-18-24-22-14-8-6-12-20(22)21-13-7-9-15-23(21)24/h3-15,24-25,27-28,38H,2,16-18,31H2,1H3/t25-,27?,28?/m0/s1. The molecule has 3 aromatic rings. The number of amides is 2. The molecule has 2 unspecified atom stereocenters. The molecule has 1 aliphatic heterocycles. The first-order valence-corrected chi connectivity index (χ1v) is 13.4. The Morgan fingerprint density at radius 1 is 1.00 bits per heavy atom. The summed E-state index contributed by atoms with van der Waals surface area (Å²) >= 11 is 4.61. The average molecular weight is 530 g/mol. The molecular formula is C30H31N3O4S. The van der Waals surface area contributed by atoms with Gasteiger partial charge < -0.3 is 15.3 Å². The van der Waals surface area contributed by atoms with Crippen LogP contribution in [0.3, 0.4) is 0 Å². The van der Waals surface area contributed by atoms with Crippen LogP contribution < -0.4 is 5.73 Å². The van der Waals surface area contributed by atoms with Gasteiger partial charge in [0, 0.05) is 5.92 Å². The second-order valence-corrected chi connectivity index (χ2v) is 10.1. The summed E-state index contributed by atoms with van der Waals surface area (Å²) in [4.78, 5) is 33.6. The Labute approximate surface area is 228 Å². The van der Waals surface area contributed by atoms with Crippen LogP contribution in [0.5, 0.6) is 0 Å². The molecule has 0 spiro atoms. The number of hydrogen-bond acceptors (Lipinski definition) is 7. The first-order chi connectivity index (χ1) is 18.5. The second-order valence-electron chi connectivity index (χ2n) is 9.57. The normalized spacial score (nSPS) is 18.7. The van der Waals surface area contributed by atoms with Gasteiger partial charge in [-0.3, -0.25) is 4.79 Å². The molecule has 8 heteroatoms. The van der Waals surface area contributed by atoms with Gasteiger partial charge in [0.2, 0.25) is 5.91 Å². The summed E-state index contributed by atoms with van der Waals surface area (Å²) in [5, 5.41) is 3.75. The molecule has 1 aliphatic carbocycles. The van der Waals surface area contributed by atoms with Crippen LogP contribution in [0.2, 0.25) is 0 Å². The fourth-order valence-electron chi connectivity index (χ4n) is 5.13. The third-order valence-electron chi connectivity index (χ3n) is 7.16. The van der Waals surface area contributed by atoms with E-state index >= 15 is 0 Å². The lowest BCUT2D eigenvalue weighted by Gasteiger charge is -2.27. The second kappa shape index (κ2) is 11.4. The molecule has 2 N–H and O–H groups in total. The Balaban J connectivity index is 1.34. The van der Waals surface area contributed by atoms with Gasteiger partial charge in [0.25, 0.3) is 0 Å². The van der Waals surface area contributed by atoms with Gasteiger partial charge in [-0.2, -0.15) is 12.6 Å². The monoisotopic (exact) mass is 529 g/mol. The van der Waals surface area contributed by atoms with E-state index in [-0.39, 0.29) is 24.3 Å². The first-order valence-electron chi connectivity index (χ1n) is 12.8. The third kappa shape index (κ3) is 5.19. The van der Waals surface area contributed by atoms with E-state index in [9.17, 15) is 9.59 Å². The van der Waals surface area contributed by atoms with Crippen LogP contribution in [0.25, 0.3) is 11.1 Å². The minimum Gasteiger partial charge on any atom is -0.448 e. The molecule has 5 rings (SSSR count). The SMILES string of the molecule is CCC1=NOC(CN(C(=O)OCC2c3ccccc3-c3ccccc32)C(=O)[C@@H](N)Cc2ccccc2)C1S. The van der Waals surface area contributed by atoms with Crippen LogP contribution >= 0.6 is 12.6 Å². The summed E-state index contributed by atoms with van der Waals surface area (Å²) in [6.45, 7) is 1.99. The molecule has 7 nitrogen and oxygen atoms in total. The Bertz CT molecular complexity index is 1300. The summed E-state index contributed by atoms with van der Waals surface area (Å²) < 4.78 is 5.81. The van der Waals surface area contributed by atoms with Gasteiger partial charge in [0.05, 0.1) is 23.5 Å². The topological polar surface area (TPSA) is 94.2 Å². The number of carbonyl (C=O) groups is 2. The predicted octanol–water partition coefficient (Wildman–Crippen LogP) is 4.80. The Morgan fingerprint density at radius 2 is 1.61 bits per heavy atom. The van der Waals surface area contributed by atoms with Crippen LogP contribution in [0.1, 0.15) is 36.0 Å². The molecule has 0 fully saturated rings. The van der Waals surface area contributed by atoms with E-state index in [1.165, 1.54) is 0 Å². The highest BCUT2D eigenvalue weighted by Gasteiger charge is 2.38. The van der Waals surface area contributed by atoms with E-state index in [0.29, 0.717) is 12.8 Å². The minimum atomic E-state index is -0.927. The number of rotatable bonds is 8. The summed E-state index contributed by atoms with van der Waals surface area (Å²) in [6.07, 6.45) is -0.382. The first kappa shape index (κ1) is 26.0. The zero-order valence-electron chi connectivity index (χ0n) is 21.2. The molecule has 0 saturated heterocycles. The van der Waals surface area contributed by atoms with Gasteiger partial charge in [0.1, 0.15) is 6.61 Å². The summed E-state index contributed by atoms with van der Waals surface area (Å²) in [7, 11) is 0. The lowest BCUT2D eigenvalue weighted by atomic mass is 9.98. The van der Waals surface area contributed by atoms with E-state index < -0.39 is 24.1 Å². The lowest BCUT2D eigenvalue weighted by molar-refractivity contribution is -0.132. The number of hydrogen-bond donors (Lipinski definition) is 2. The Kier molecular flexibility index (Phi) is 7.81. The van der Waals surface area contributed by atoms with Crippen molar-refractivity contribution in [1.29, 1.82) is 0 Å². The van der Waals surface area contributed by atoms with E-state index in [0.717, 1.165) is 38.4 Å². The van der Waals surface area contributed by atoms with Gasteiger partial charge >= 0.3 is 6.09 Å². The van der Waals surface area contributed by atoms with E-state index in [2.05, 4.69) is 29.9 Å². The zero-order chi connectivity index (χ0) is 26.6. The molecule has 2 aliphatic rings. The van der Waals surface area contributed by atoms with Crippen molar-refractivity contribution in [3.8, 4) is 11.1 Å². The van der Waals surface area contributed by atoms with Gasteiger partial charge in [0.15, 0.2) is 6.10 Å². The Morgan fingerprint density at radius 3 is 2.21 bits per heavy atom. The maximum absolute atomic E-state index is 13.5. The maximum atomic E-state index is 13.5.